The van der Waals surface area contributed by atoms with Crippen LogP contribution in [0.4, 0.5) is 13.2 Å². The van der Waals surface area contributed by atoms with Crippen LogP contribution < -0.4 is 0 Å². The number of amides is 1. The van der Waals surface area contributed by atoms with Crippen LogP contribution >= 0.6 is 35.0 Å². The zero-order valence-corrected chi connectivity index (χ0v) is 15.0. The van der Waals surface area contributed by atoms with E-state index in [1.165, 1.54) is 47.0 Å². The highest BCUT2D eigenvalue weighted by molar-refractivity contribution is 7.99. The van der Waals surface area contributed by atoms with Crippen LogP contribution in [0.25, 0.3) is 0 Å². The van der Waals surface area contributed by atoms with E-state index in [-0.39, 0.29) is 16.5 Å². The smallest absolute Gasteiger partial charge is 0.322 e. The molecule has 0 bridgehead atoms. The lowest BCUT2D eigenvalue weighted by Crippen LogP contribution is -2.31. The molecule has 8 heteroatoms. The first kappa shape index (κ1) is 18.4. The second-order valence-electron chi connectivity index (χ2n) is 5.44. The van der Waals surface area contributed by atoms with Gasteiger partial charge in [0.25, 0.3) is 5.91 Å². The van der Waals surface area contributed by atoms with Gasteiger partial charge in [-0.2, -0.15) is 13.2 Å². The molecule has 2 aromatic rings. The molecule has 1 amide bonds. The number of thioether (sulfide) groups is 1. The van der Waals surface area contributed by atoms with Crippen molar-refractivity contribution in [1.82, 2.24) is 4.90 Å². The van der Waals surface area contributed by atoms with Gasteiger partial charge in [0.05, 0.1) is 15.6 Å². The van der Waals surface area contributed by atoms with Gasteiger partial charge < -0.3 is 4.90 Å². The number of rotatable bonds is 2. The monoisotopic (exact) mass is 405 g/mol. The molecule has 1 aliphatic rings. The van der Waals surface area contributed by atoms with Gasteiger partial charge in [-0.3, -0.25) is 4.79 Å². The number of carbonyl (C=O) groups excluding carboxylic acids is 1. The van der Waals surface area contributed by atoms with Gasteiger partial charge >= 0.3 is 6.18 Å². The topological polar surface area (TPSA) is 20.3 Å². The molecule has 1 saturated heterocycles. The van der Waals surface area contributed by atoms with E-state index in [2.05, 4.69) is 0 Å². The van der Waals surface area contributed by atoms with E-state index in [1.54, 1.807) is 6.07 Å². The van der Waals surface area contributed by atoms with Gasteiger partial charge in [-0.15, -0.1) is 11.8 Å². The summed E-state index contributed by atoms with van der Waals surface area (Å²) in [6.45, 7) is 0.362. The summed E-state index contributed by atoms with van der Waals surface area (Å²) in [5.41, 5.74) is -0.335. The lowest BCUT2D eigenvalue weighted by molar-refractivity contribution is -0.138. The fourth-order valence-corrected chi connectivity index (χ4v) is 4.29. The molecule has 2 aromatic carbocycles. The molecular formula is C17H12Cl2F3NOS. The Labute approximate surface area is 156 Å². The minimum atomic E-state index is -4.47. The highest BCUT2D eigenvalue weighted by Crippen LogP contribution is 2.44. The summed E-state index contributed by atoms with van der Waals surface area (Å²) in [5, 5.41) is -0.153. The van der Waals surface area contributed by atoms with E-state index in [0.717, 1.165) is 6.07 Å². The molecule has 25 heavy (non-hydrogen) atoms. The van der Waals surface area contributed by atoms with Crippen LogP contribution in [0.15, 0.2) is 42.5 Å². The second kappa shape index (κ2) is 7.09. The van der Waals surface area contributed by atoms with Gasteiger partial charge in [0.1, 0.15) is 5.37 Å². The van der Waals surface area contributed by atoms with Crippen molar-refractivity contribution in [3.8, 4) is 0 Å². The summed E-state index contributed by atoms with van der Waals surface area (Å²) in [5.74, 6) is 0.190. The van der Waals surface area contributed by atoms with Gasteiger partial charge in [-0.25, -0.2) is 0 Å². The molecule has 1 aliphatic heterocycles. The van der Waals surface area contributed by atoms with Gasteiger partial charge in [0, 0.05) is 17.9 Å². The van der Waals surface area contributed by atoms with Crippen molar-refractivity contribution in [2.75, 3.05) is 12.3 Å². The van der Waals surface area contributed by atoms with Crippen LogP contribution in [0.2, 0.25) is 10.0 Å². The molecule has 132 valence electrons. The average Bonchev–Trinajstić information content (AvgIpc) is 3.05. The lowest BCUT2D eigenvalue weighted by atomic mass is 10.1. The third kappa shape index (κ3) is 3.76. The van der Waals surface area contributed by atoms with Crippen molar-refractivity contribution in [2.24, 2.45) is 0 Å². The fourth-order valence-electron chi connectivity index (χ4n) is 2.70. The summed E-state index contributed by atoms with van der Waals surface area (Å²) >= 11 is 13.1. The summed E-state index contributed by atoms with van der Waals surface area (Å²) in [7, 11) is 0. The van der Waals surface area contributed by atoms with Crippen molar-refractivity contribution < 1.29 is 18.0 Å². The summed E-state index contributed by atoms with van der Waals surface area (Å²) in [6, 6.07) is 9.80. The van der Waals surface area contributed by atoms with Crippen LogP contribution in [0.5, 0.6) is 0 Å². The first-order valence-corrected chi connectivity index (χ1v) is 9.13. The first-order chi connectivity index (χ1) is 11.8. The normalized spacial score (nSPS) is 17.8. The van der Waals surface area contributed by atoms with Crippen molar-refractivity contribution in [1.29, 1.82) is 0 Å². The highest BCUT2D eigenvalue weighted by Gasteiger charge is 2.39. The Hall–Kier alpha value is -1.37. The molecule has 2 nitrogen and oxygen atoms in total. The van der Waals surface area contributed by atoms with Gasteiger partial charge in [-0.05, 0) is 29.8 Å². The fraction of sp³-hybridized carbons (Fsp3) is 0.235. The average molecular weight is 406 g/mol. The second-order valence-corrected chi connectivity index (χ2v) is 7.44. The predicted octanol–water partition coefficient (Wildman–Crippen LogP) is 5.90. The molecule has 0 spiro atoms. The number of hydrogen-bond acceptors (Lipinski definition) is 2. The van der Waals surface area contributed by atoms with E-state index in [1.807, 2.05) is 0 Å². The molecule has 0 aliphatic carbocycles. The molecule has 3 rings (SSSR count). The molecule has 0 saturated carbocycles. The van der Waals surface area contributed by atoms with Gasteiger partial charge in [0.15, 0.2) is 0 Å². The van der Waals surface area contributed by atoms with Crippen molar-refractivity contribution in [3.63, 3.8) is 0 Å². The van der Waals surface area contributed by atoms with Crippen LogP contribution in [0.3, 0.4) is 0 Å². The van der Waals surface area contributed by atoms with E-state index >= 15 is 0 Å². The maximum Gasteiger partial charge on any atom is 0.416 e. The van der Waals surface area contributed by atoms with Crippen molar-refractivity contribution >= 4 is 40.9 Å². The third-order valence-electron chi connectivity index (χ3n) is 3.85. The Balaban J connectivity index is 1.96. The molecule has 1 fully saturated rings. The number of hydrogen-bond donors (Lipinski definition) is 0. The molecule has 0 N–H and O–H groups in total. The molecule has 0 radical (unpaired) electrons. The van der Waals surface area contributed by atoms with Crippen LogP contribution in [0.1, 0.15) is 26.9 Å². The maximum absolute atomic E-state index is 13.3. The number of halogens is 5. The zero-order chi connectivity index (χ0) is 18.2. The van der Waals surface area contributed by atoms with Crippen molar-refractivity contribution in [3.05, 3.63) is 69.2 Å². The highest BCUT2D eigenvalue weighted by atomic mass is 35.5. The molecular weight excluding hydrogens is 394 g/mol. The quantitative estimate of drug-likeness (QED) is 0.619. The van der Waals surface area contributed by atoms with E-state index in [9.17, 15) is 18.0 Å². The largest absolute Gasteiger partial charge is 0.416 e. The Morgan fingerprint density at radius 3 is 2.52 bits per heavy atom. The zero-order valence-electron chi connectivity index (χ0n) is 12.7. The van der Waals surface area contributed by atoms with E-state index in [4.69, 9.17) is 23.2 Å². The number of alkyl halides is 3. The van der Waals surface area contributed by atoms with Crippen LogP contribution in [0, 0.1) is 0 Å². The SMILES string of the molecule is O=C(c1ccc(Cl)c(Cl)c1)N1CCSC1c1ccccc1C(F)(F)F. The molecule has 1 heterocycles. The number of carbonyl (C=O) groups is 1. The molecule has 1 atom stereocenters. The Bertz CT molecular complexity index is 813. The molecule has 0 aromatic heterocycles. The number of benzene rings is 2. The predicted molar refractivity (Wildman–Crippen MR) is 94.1 cm³/mol. The van der Waals surface area contributed by atoms with Gasteiger partial charge in [0.2, 0.25) is 0 Å². The lowest BCUT2D eigenvalue weighted by Gasteiger charge is -2.26. The summed E-state index contributed by atoms with van der Waals surface area (Å²) < 4.78 is 39.9. The van der Waals surface area contributed by atoms with Crippen molar-refractivity contribution in [2.45, 2.75) is 11.6 Å². The Kier molecular flexibility index (Phi) is 5.23. The maximum atomic E-state index is 13.3. The summed E-state index contributed by atoms with van der Waals surface area (Å²) in [4.78, 5) is 14.2. The van der Waals surface area contributed by atoms with E-state index in [0.29, 0.717) is 22.9 Å². The Morgan fingerprint density at radius 1 is 1.12 bits per heavy atom. The summed E-state index contributed by atoms with van der Waals surface area (Å²) in [6.07, 6.45) is -4.47. The van der Waals surface area contributed by atoms with Gasteiger partial charge in [-0.1, -0.05) is 41.4 Å². The standard InChI is InChI=1S/C17H12Cl2F3NOS/c18-13-6-5-10(9-14(13)19)15(24)23-7-8-25-16(23)11-3-1-2-4-12(11)17(20,21)22/h1-6,9,16H,7-8H2. The van der Waals surface area contributed by atoms with E-state index < -0.39 is 17.1 Å². The molecule has 1 unspecified atom stereocenters. The minimum absolute atomic E-state index is 0.0888. The minimum Gasteiger partial charge on any atom is -0.322 e. The van der Waals surface area contributed by atoms with Crippen LogP contribution in [-0.2, 0) is 6.18 Å². The Morgan fingerprint density at radius 2 is 1.84 bits per heavy atom. The first-order valence-electron chi connectivity index (χ1n) is 7.33. The van der Waals surface area contributed by atoms with Crippen LogP contribution in [-0.4, -0.2) is 23.1 Å². The number of nitrogens with zero attached hydrogens (tertiary/aromatic N) is 1. The third-order valence-corrected chi connectivity index (χ3v) is 5.83.